The first kappa shape index (κ1) is 17.4. The molecule has 2 N–H and O–H groups in total. The van der Waals surface area contributed by atoms with Crippen LogP contribution in [0, 0.1) is 25.7 Å². The maximum atomic E-state index is 12.5. The molecule has 3 rings (SSSR count). The van der Waals surface area contributed by atoms with E-state index in [0.29, 0.717) is 18.0 Å². The molecule has 0 fully saturated rings. The number of benzene rings is 1. The number of thiazole rings is 1. The Labute approximate surface area is 150 Å². The van der Waals surface area contributed by atoms with Crippen molar-refractivity contribution in [2.45, 2.75) is 26.7 Å². The molecule has 1 aromatic carbocycles. The lowest BCUT2D eigenvalue weighted by atomic mass is 9.82. The molecule has 1 aliphatic rings. The summed E-state index contributed by atoms with van der Waals surface area (Å²) in [6, 6.07) is 6.15. The second-order valence-corrected chi connectivity index (χ2v) is 7.20. The first-order valence-electron chi connectivity index (χ1n) is 8.17. The van der Waals surface area contributed by atoms with Crippen molar-refractivity contribution in [2.24, 2.45) is 11.8 Å². The molecule has 1 heterocycles. The van der Waals surface area contributed by atoms with Crippen molar-refractivity contribution >= 4 is 28.3 Å². The fraction of sp³-hybridized carbons (Fsp3) is 0.316. The highest BCUT2D eigenvalue weighted by Gasteiger charge is 2.34. The van der Waals surface area contributed by atoms with Gasteiger partial charge in [-0.3, -0.25) is 9.59 Å². The molecular formula is C19H20N2O3S. The quantitative estimate of drug-likeness (QED) is 0.811. The summed E-state index contributed by atoms with van der Waals surface area (Å²) in [6.07, 6.45) is 4.52. The van der Waals surface area contributed by atoms with Crippen LogP contribution < -0.4 is 5.32 Å². The molecule has 1 amide bonds. The van der Waals surface area contributed by atoms with Gasteiger partial charge in [-0.1, -0.05) is 35.9 Å². The Morgan fingerprint density at radius 1 is 1.20 bits per heavy atom. The monoisotopic (exact) mass is 356 g/mol. The molecule has 0 unspecified atom stereocenters. The predicted molar refractivity (Wildman–Crippen MR) is 98.6 cm³/mol. The van der Waals surface area contributed by atoms with Crippen LogP contribution in [0.2, 0.25) is 0 Å². The van der Waals surface area contributed by atoms with Crippen LogP contribution in [0.5, 0.6) is 0 Å². The van der Waals surface area contributed by atoms with E-state index in [1.165, 1.54) is 16.9 Å². The number of amides is 1. The van der Waals surface area contributed by atoms with Gasteiger partial charge in [-0.25, -0.2) is 4.98 Å². The average Bonchev–Trinajstić information content (AvgIpc) is 3.02. The maximum absolute atomic E-state index is 12.5. The molecule has 0 bridgehead atoms. The molecule has 1 aromatic heterocycles. The second kappa shape index (κ2) is 7.19. The molecule has 0 spiro atoms. The van der Waals surface area contributed by atoms with Crippen molar-refractivity contribution in [1.82, 2.24) is 4.98 Å². The largest absolute Gasteiger partial charge is 0.481 e. The number of hydrogen-bond donors (Lipinski definition) is 2. The van der Waals surface area contributed by atoms with Gasteiger partial charge in [0, 0.05) is 10.9 Å². The number of nitrogens with one attached hydrogen (secondary N) is 1. The van der Waals surface area contributed by atoms with E-state index in [2.05, 4.69) is 16.4 Å². The minimum Gasteiger partial charge on any atom is -0.481 e. The van der Waals surface area contributed by atoms with Crippen LogP contribution in [-0.2, 0) is 9.59 Å². The van der Waals surface area contributed by atoms with Crippen LogP contribution in [0.15, 0.2) is 35.7 Å². The van der Waals surface area contributed by atoms with E-state index in [1.807, 2.05) is 43.5 Å². The molecule has 0 saturated heterocycles. The molecule has 1 aliphatic carbocycles. The number of aryl methyl sites for hydroxylation is 2. The Hall–Kier alpha value is -2.47. The van der Waals surface area contributed by atoms with Crippen molar-refractivity contribution < 1.29 is 14.7 Å². The van der Waals surface area contributed by atoms with Gasteiger partial charge in [-0.2, -0.15) is 0 Å². The summed E-state index contributed by atoms with van der Waals surface area (Å²) in [5, 5.41) is 14.5. The number of rotatable bonds is 4. The minimum absolute atomic E-state index is 0.279. The zero-order chi connectivity index (χ0) is 18.0. The molecule has 5 nitrogen and oxygen atoms in total. The lowest BCUT2D eigenvalue weighted by molar-refractivity contribution is -0.146. The van der Waals surface area contributed by atoms with Gasteiger partial charge in [-0.05, 0) is 32.3 Å². The van der Waals surface area contributed by atoms with Crippen LogP contribution in [0.25, 0.3) is 11.3 Å². The van der Waals surface area contributed by atoms with Gasteiger partial charge in [-0.15, -0.1) is 11.3 Å². The van der Waals surface area contributed by atoms with Crippen molar-refractivity contribution in [3.05, 3.63) is 46.9 Å². The SMILES string of the molecule is Cc1ccc(-c2csc(NC(=O)[C@H]3CC=CC[C@H]3C(=O)O)n2)c(C)c1. The Morgan fingerprint density at radius 2 is 1.92 bits per heavy atom. The zero-order valence-corrected chi connectivity index (χ0v) is 15.0. The number of carbonyl (C=O) groups excluding carboxylic acids is 1. The van der Waals surface area contributed by atoms with E-state index in [0.717, 1.165) is 16.8 Å². The molecule has 2 atom stereocenters. The highest BCUT2D eigenvalue weighted by Crippen LogP contribution is 2.30. The van der Waals surface area contributed by atoms with Gasteiger partial charge >= 0.3 is 5.97 Å². The van der Waals surface area contributed by atoms with Crippen molar-refractivity contribution in [1.29, 1.82) is 0 Å². The molecule has 0 radical (unpaired) electrons. The van der Waals surface area contributed by atoms with E-state index >= 15 is 0 Å². The Balaban J connectivity index is 1.76. The summed E-state index contributed by atoms with van der Waals surface area (Å²) < 4.78 is 0. The first-order chi connectivity index (χ1) is 12.0. The Morgan fingerprint density at radius 3 is 2.60 bits per heavy atom. The minimum atomic E-state index is -0.931. The molecule has 6 heteroatoms. The summed E-state index contributed by atoms with van der Waals surface area (Å²) in [5.74, 6) is -2.45. The Bertz CT molecular complexity index is 841. The van der Waals surface area contributed by atoms with E-state index in [4.69, 9.17) is 0 Å². The number of nitrogens with zero attached hydrogens (tertiary/aromatic N) is 1. The molecule has 0 saturated carbocycles. The van der Waals surface area contributed by atoms with Gasteiger partial charge in [0.25, 0.3) is 0 Å². The van der Waals surface area contributed by atoms with Crippen LogP contribution in [0.3, 0.4) is 0 Å². The van der Waals surface area contributed by atoms with Gasteiger partial charge in [0.05, 0.1) is 17.5 Å². The predicted octanol–water partition coefficient (Wildman–Crippen LogP) is 4.03. The van der Waals surface area contributed by atoms with Crippen molar-refractivity contribution in [2.75, 3.05) is 5.32 Å². The third kappa shape index (κ3) is 3.79. The zero-order valence-electron chi connectivity index (χ0n) is 14.2. The molecule has 25 heavy (non-hydrogen) atoms. The van der Waals surface area contributed by atoms with E-state index in [1.54, 1.807) is 0 Å². The van der Waals surface area contributed by atoms with Crippen molar-refractivity contribution in [3.8, 4) is 11.3 Å². The third-order valence-electron chi connectivity index (χ3n) is 4.48. The van der Waals surface area contributed by atoms with Crippen LogP contribution in [-0.4, -0.2) is 22.0 Å². The Kier molecular flexibility index (Phi) is 4.99. The van der Waals surface area contributed by atoms with Crippen LogP contribution in [0.4, 0.5) is 5.13 Å². The number of allylic oxidation sites excluding steroid dienone is 2. The molecular weight excluding hydrogens is 336 g/mol. The number of carboxylic acid groups (broad SMARTS) is 1. The van der Waals surface area contributed by atoms with Crippen molar-refractivity contribution in [3.63, 3.8) is 0 Å². The topological polar surface area (TPSA) is 79.3 Å². The lowest BCUT2D eigenvalue weighted by Crippen LogP contribution is -2.34. The fourth-order valence-electron chi connectivity index (χ4n) is 3.13. The average molecular weight is 356 g/mol. The molecule has 2 aromatic rings. The van der Waals surface area contributed by atoms with Gasteiger partial charge in [0.15, 0.2) is 5.13 Å². The number of carbonyl (C=O) groups is 2. The lowest BCUT2D eigenvalue weighted by Gasteiger charge is -2.23. The number of hydrogen-bond acceptors (Lipinski definition) is 4. The summed E-state index contributed by atoms with van der Waals surface area (Å²) in [7, 11) is 0. The molecule has 130 valence electrons. The highest BCUT2D eigenvalue weighted by atomic mass is 32.1. The van der Waals surface area contributed by atoms with E-state index < -0.39 is 17.8 Å². The summed E-state index contributed by atoms with van der Waals surface area (Å²) in [5.41, 5.74) is 4.17. The summed E-state index contributed by atoms with van der Waals surface area (Å²) >= 11 is 1.35. The third-order valence-corrected chi connectivity index (χ3v) is 5.24. The van der Waals surface area contributed by atoms with Gasteiger partial charge in [0.1, 0.15) is 0 Å². The number of anilines is 1. The van der Waals surface area contributed by atoms with Gasteiger partial charge in [0.2, 0.25) is 5.91 Å². The summed E-state index contributed by atoms with van der Waals surface area (Å²) in [4.78, 5) is 28.3. The molecule has 0 aliphatic heterocycles. The van der Waals surface area contributed by atoms with Gasteiger partial charge < -0.3 is 10.4 Å². The smallest absolute Gasteiger partial charge is 0.307 e. The number of carboxylic acids is 1. The number of aliphatic carboxylic acids is 1. The van der Waals surface area contributed by atoms with Crippen LogP contribution >= 0.6 is 11.3 Å². The second-order valence-electron chi connectivity index (χ2n) is 6.34. The maximum Gasteiger partial charge on any atom is 0.307 e. The van der Waals surface area contributed by atoms with E-state index in [-0.39, 0.29) is 5.91 Å². The number of aromatic nitrogens is 1. The highest BCUT2D eigenvalue weighted by molar-refractivity contribution is 7.14. The normalized spacial score (nSPS) is 19.6. The van der Waals surface area contributed by atoms with E-state index in [9.17, 15) is 14.7 Å². The summed E-state index contributed by atoms with van der Waals surface area (Å²) in [6.45, 7) is 4.08. The van der Waals surface area contributed by atoms with Crippen LogP contribution in [0.1, 0.15) is 24.0 Å². The fourth-order valence-corrected chi connectivity index (χ4v) is 3.84. The first-order valence-corrected chi connectivity index (χ1v) is 9.05. The standard InChI is InChI=1S/C19H20N2O3S/c1-11-7-8-13(12(2)9-11)16-10-25-19(20-16)21-17(22)14-5-3-4-6-15(14)18(23)24/h3-4,7-10,14-15H,5-6H2,1-2H3,(H,23,24)(H,20,21,22)/t14-,15+/m0/s1.